The summed E-state index contributed by atoms with van der Waals surface area (Å²) in [4.78, 5) is 12.9. The van der Waals surface area contributed by atoms with Gasteiger partial charge < -0.3 is 4.57 Å². The van der Waals surface area contributed by atoms with Crippen LogP contribution in [0.4, 0.5) is 0 Å². The predicted molar refractivity (Wildman–Crippen MR) is 66.6 cm³/mol. The molecule has 2 aromatic rings. The molecule has 0 amide bonds. The van der Waals surface area contributed by atoms with Gasteiger partial charge in [-0.1, -0.05) is 6.07 Å². The van der Waals surface area contributed by atoms with Crippen molar-refractivity contribution in [2.45, 2.75) is 13.5 Å². The summed E-state index contributed by atoms with van der Waals surface area (Å²) in [6.45, 7) is 2.49. The van der Waals surface area contributed by atoms with Crippen LogP contribution in [0.3, 0.4) is 0 Å². The van der Waals surface area contributed by atoms with Crippen LogP contribution in [0.2, 0.25) is 0 Å². The van der Waals surface area contributed by atoms with E-state index >= 15 is 0 Å². The van der Waals surface area contributed by atoms with E-state index in [9.17, 15) is 4.79 Å². The third kappa shape index (κ3) is 2.38. The summed E-state index contributed by atoms with van der Waals surface area (Å²) >= 11 is 5.05. The highest BCUT2D eigenvalue weighted by Crippen LogP contribution is 2.20. The van der Waals surface area contributed by atoms with Crippen molar-refractivity contribution in [2.24, 2.45) is 0 Å². The summed E-state index contributed by atoms with van der Waals surface area (Å²) in [5, 5.41) is 2.02. The number of halogens is 1. The Kier molecular flexibility index (Phi) is 3.07. The topological polar surface area (TPSA) is 22.0 Å². The van der Waals surface area contributed by atoms with Gasteiger partial charge in [-0.15, -0.1) is 11.3 Å². The van der Waals surface area contributed by atoms with Gasteiger partial charge in [0, 0.05) is 26.5 Å². The number of hydrogen-bond donors (Lipinski definition) is 0. The SMILES string of the molecule is Cc1cccn(Cc2cc(Br)cs2)c1=O. The lowest BCUT2D eigenvalue weighted by Gasteiger charge is -2.03. The Hall–Kier alpha value is -0.870. The first kappa shape index (κ1) is 10.6. The van der Waals surface area contributed by atoms with Gasteiger partial charge in [-0.2, -0.15) is 0 Å². The smallest absolute Gasteiger partial charge is 0.253 e. The minimum atomic E-state index is 0.0852. The number of pyridine rings is 1. The third-order valence-electron chi connectivity index (χ3n) is 2.16. The van der Waals surface area contributed by atoms with Crippen molar-refractivity contribution in [1.29, 1.82) is 0 Å². The van der Waals surface area contributed by atoms with Crippen LogP contribution >= 0.6 is 27.3 Å². The van der Waals surface area contributed by atoms with Gasteiger partial charge in [0.05, 0.1) is 6.54 Å². The zero-order valence-electron chi connectivity index (χ0n) is 8.24. The van der Waals surface area contributed by atoms with E-state index < -0.39 is 0 Å². The highest BCUT2D eigenvalue weighted by molar-refractivity contribution is 9.10. The Bertz CT molecular complexity index is 529. The molecule has 0 aliphatic rings. The summed E-state index contributed by atoms with van der Waals surface area (Å²) < 4.78 is 2.80. The minimum absolute atomic E-state index is 0.0852. The van der Waals surface area contributed by atoms with Crippen LogP contribution < -0.4 is 5.56 Å². The van der Waals surface area contributed by atoms with Crippen molar-refractivity contribution in [1.82, 2.24) is 4.57 Å². The molecule has 2 heterocycles. The molecule has 0 aliphatic heterocycles. The number of thiophene rings is 1. The van der Waals surface area contributed by atoms with Crippen LogP contribution in [0.5, 0.6) is 0 Å². The van der Waals surface area contributed by atoms with Crippen molar-refractivity contribution >= 4 is 27.3 Å². The number of aryl methyl sites for hydroxylation is 1. The van der Waals surface area contributed by atoms with E-state index in [1.165, 1.54) is 4.88 Å². The Balaban J connectivity index is 2.32. The number of rotatable bonds is 2. The second kappa shape index (κ2) is 4.33. The summed E-state index contributed by atoms with van der Waals surface area (Å²) in [6, 6.07) is 5.78. The molecule has 15 heavy (non-hydrogen) atoms. The van der Waals surface area contributed by atoms with Crippen LogP contribution in [-0.4, -0.2) is 4.57 Å². The summed E-state index contributed by atoms with van der Waals surface area (Å²) in [6.07, 6.45) is 1.82. The Morgan fingerprint density at radius 1 is 1.53 bits per heavy atom. The van der Waals surface area contributed by atoms with Gasteiger partial charge in [-0.25, -0.2) is 0 Å². The monoisotopic (exact) mass is 283 g/mol. The fourth-order valence-electron chi connectivity index (χ4n) is 1.39. The van der Waals surface area contributed by atoms with E-state index in [1.54, 1.807) is 15.9 Å². The van der Waals surface area contributed by atoms with E-state index in [-0.39, 0.29) is 5.56 Å². The highest BCUT2D eigenvalue weighted by Gasteiger charge is 2.01. The van der Waals surface area contributed by atoms with Gasteiger partial charge in [0.15, 0.2) is 0 Å². The first-order chi connectivity index (χ1) is 7.16. The van der Waals surface area contributed by atoms with Gasteiger partial charge in [0.2, 0.25) is 0 Å². The predicted octanol–water partition coefficient (Wildman–Crippen LogP) is 3.03. The summed E-state index contributed by atoms with van der Waals surface area (Å²) in [5.74, 6) is 0. The minimum Gasteiger partial charge on any atom is -0.310 e. The fraction of sp³-hybridized carbons (Fsp3) is 0.182. The largest absolute Gasteiger partial charge is 0.310 e. The van der Waals surface area contributed by atoms with Gasteiger partial charge in [0.25, 0.3) is 5.56 Å². The Labute approximate surface area is 100 Å². The molecule has 0 radical (unpaired) electrons. The number of hydrogen-bond acceptors (Lipinski definition) is 2. The maximum absolute atomic E-state index is 11.7. The van der Waals surface area contributed by atoms with Gasteiger partial charge >= 0.3 is 0 Å². The molecular formula is C11H10BrNOS. The fourth-order valence-corrected chi connectivity index (χ4v) is 2.83. The van der Waals surface area contributed by atoms with Crippen LogP contribution in [0, 0.1) is 6.92 Å². The molecule has 0 aliphatic carbocycles. The van der Waals surface area contributed by atoms with Gasteiger partial charge in [0.1, 0.15) is 0 Å². The molecule has 0 aromatic carbocycles. The second-order valence-electron chi connectivity index (χ2n) is 3.36. The molecule has 0 atom stereocenters. The maximum Gasteiger partial charge on any atom is 0.253 e. The maximum atomic E-state index is 11.7. The van der Waals surface area contributed by atoms with Gasteiger partial charge in [-0.3, -0.25) is 4.79 Å². The highest BCUT2D eigenvalue weighted by atomic mass is 79.9. The van der Waals surface area contributed by atoms with E-state index in [0.29, 0.717) is 6.54 Å². The molecule has 0 saturated heterocycles. The van der Waals surface area contributed by atoms with E-state index in [2.05, 4.69) is 15.9 Å². The second-order valence-corrected chi connectivity index (χ2v) is 5.27. The van der Waals surface area contributed by atoms with Crippen molar-refractivity contribution in [3.8, 4) is 0 Å². The van der Waals surface area contributed by atoms with E-state index in [0.717, 1.165) is 10.0 Å². The van der Waals surface area contributed by atoms with Crippen molar-refractivity contribution in [2.75, 3.05) is 0 Å². The standard InChI is InChI=1S/C11H10BrNOS/c1-8-3-2-4-13(11(8)14)6-10-5-9(12)7-15-10/h2-5,7H,6H2,1H3. The quantitative estimate of drug-likeness (QED) is 0.831. The zero-order chi connectivity index (χ0) is 10.8. The Morgan fingerprint density at radius 3 is 3.00 bits per heavy atom. The lowest BCUT2D eigenvalue weighted by Crippen LogP contribution is -2.21. The normalized spacial score (nSPS) is 10.5. The number of nitrogens with zero attached hydrogens (tertiary/aromatic N) is 1. The van der Waals surface area contributed by atoms with Crippen LogP contribution in [-0.2, 0) is 6.54 Å². The summed E-state index contributed by atoms with van der Waals surface area (Å²) in [7, 11) is 0. The molecule has 4 heteroatoms. The molecule has 0 saturated carbocycles. The van der Waals surface area contributed by atoms with Crippen LogP contribution in [0.15, 0.2) is 39.0 Å². The van der Waals surface area contributed by atoms with Crippen molar-refractivity contribution in [3.63, 3.8) is 0 Å². The van der Waals surface area contributed by atoms with Crippen LogP contribution in [0.1, 0.15) is 10.4 Å². The van der Waals surface area contributed by atoms with Crippen molar-refractivity contribution in [3.05, 3.63) is 55.0 Å². The van der Waals surface area contributed by atoms with Crippen molar-refractivity contribution < 1.29 is 0 Å². The lowest BCUT2D eigenvalue weighted by molar-refractivity contribution is 0.762. The zero-order valence-corrected chi connectivity index (χ0v) is 10.6. The third-order valence-corrected chi connectivity index (χ3v) is 3.84. The molecule has 0 unspecified atom stereocenters. The molecule has 78 valence electrons. The molecule has 0 bridgehead atoms. The molecule has 2 rings (SSSR count). The number of aromatic nitrogens is 1. The molecule has 0 spiro atoms. The first-order valence-electron chi connectivity index (χ1n) is 4.56. The molecule has 2 aromatic heterocycles. The molecule has 0 N–H and O–H groups in total. The van der Waals surface area contributed by atoms with E-state index in [4.69, 9.17) is 0 Å². The Morgan fingerprint density at radius 2 is 2.33 bits per heavy atom. The lowest BCUT2D eigenvalue weighted by atomic mass is 10.3. The molecular weight excluding hydrogens is 274 g/mol. The average molecular weight is 284 g/mol. The summed E-state index contributed by atoms with van der Waals surface area (Å²) in [5.41, 5.74) is 0.871. The van der Waals surface area contributed by atoms with Crippen LogP contribution in [0.25, 0.3) is 0 Å². The van der Waals surface area contributed by atoms with E-state index in [1.807, 2.05) is 36.7 Å². The average Bonchev–Trinajstić information content (AvgIpc) is 2.59. The van der Waals surface area contributed by atoms with Gasteiger partial charge in [-0.05, 0) is 35.0 Å². The molecule has 0 fully saturated rings. The molecule has 2 nitrogen and oxygen atoms in total. The first-order valence-corrected chi connectivity index (χ1v) is 6.23.